The van der Waals surface area contributed by atoms with Crippen molar-refractivity contribution in [2.75, 3.05) is 19.0 Å². The second kappa shape index (κ2) is 9.33. The highest BCUT2D eigenvalue weighted by atomic mass is 79.9. The molecule has 2 aromatic carbocycles. The number of anilines is 2. The van der Waals surface area contributed by atoms with Crippen LogP contribution in [0.1, 0.15) is 62.3 Å². The minimum absolute atomic E-state index is 0.114. The SMILES string of the molecule is COc1cc2c(Nc3ccc(Br)cc3F)ncnc2cc1OCC1(C)C(C)(C)C(C)(C)NC(C)(C)C1(C)C. The molecule has 206 valence electrons. The summed E-state index contributed by atoms with van der Waals surface area (Å²) in [6.07, 6.45) is 1.46. The molecule has 1 saturated heterocycles. The number of aromatic nitrogens is 2. The highest BCUT2D eigenvalue weighted by molar-refractivity contribution is 9.10. The van der Waals surface area contributed by atoms with E-state index in [2.05, 4.69) is 98.8 Å². The maximum Gasteiger partial charge on any atom is 0.163 e. The molecule has 1 aliphatic rings. The number of methoxy groups -OCH3 is 1. The van der Waals surface area contributed by atoms with Crippen molar-refractivity contribution in [3.63, 3.8) is 0 Å². The molecular formula is C30H40BrFN4O2. The van der Waals surface area contributed by atoms with Gasteiger partial charge in [-0.3, -0.25) is 0 Å². The molecule has 1 fully saturated rings. The maximum atomic E-state index is 14.5. The van der Waals surface area contributed by atoms with E-state index >= 15 is 0 Å². The lowest BCUT2D eigenvalue weighted by atomic mass is 9.41. The number of ether oxygens (including phenoxy) is 2. The Labute approximate surface area is 234 Å². The van der Waals surface area contributed by atoms with Crippen LogP contribution in [0.2, 0.25) is 0 Å². The van der Waals surface area contributed by atoms with Crippen LogP contribution in [-0.2, 0) is 0 Å². The maximum absolute atomic E-state index is 14.5. The first-order chi connectivity index (χ1) is 17.5. The summed E-state index contributed by atoms with van der Waals surface area (Å²) in [4.78, 5) is 8.84. The molecule has 0 aliphatic carbocycles. The third kappa shape index (κ3) is 4.34. The van der Waals surface area contributed by atoms with Gasteiger partial charge in [0.1, 0.15) is 18.0 Å². The average Bonchev–Trinajstić information content (AvgIpc) is 2.82. The van der Waals surface area contributed by atoms with Crippen LogP contribution < -0.4 is 20.1 Å². The fourth-order valence-electron chi connectivity index (χ4n) is 5.99. The van der Waals surface area contributed by atoms with Crippen molar-refractivity contribution in [2.24, 2.45) is 16.2 Å². The quantitative estimate of drug-likeness (QED) is 0.306. The van der Waals surface area contributed by atoms with Gasteiger partial charge in [0.25, 0.3) is 0 Å². The van der Waals surface area contributed by atoms with Gasteiger partial charge in [-0.2, -0.15) is 0 Å². The fraction of sp³-hybridized carbons (Fsp3) is 0.533. The number of nitrogens with one attached hydrogen (secondary N) is 2. The van der Waals surface area contributed by atoms with Gasteiger partial charge in [-0.15, -0.1) is 0 Å². The van der Waals surface area contributed by atoms with Crippen molar-refractivity contribution in [3.8, 4) is 11.5 Å². The Kier molecular flexibility index (Phi) is 7.01. The Bertz CT molecular complexity index is 1340. The van der Waals surface area contributed by atoms with Crippen LogP contribution >= 0.6 is 15.9 Å². The summed E-state index contributed by atoms with van der Waals surface area (Å²) >= 11 is 3.29. The molecule has 0 unspecified atom stereocenters. The number of rotatable bonds is 6. The van der Waals surface area contributed by atoms with Crippen molar-refractivity contribution in [1.29, 1.82) is 0 Å². The van der Waals surface area contributed by atoms with Crippen LogP contribution in [0, 0.1) is 22.1 Å². The summed E-state index contributed by atoms with van der Waals surface area (Å²) in [6.45, 7) is 21.2. The number of piperidine rings is 1. The Hall–Kier alpha value is -2.45. The lowest BCUT2D eigenvalue weighted by Gasteiger charge is -2.70. The monoisotopic (exact) mass is 586 g/mol. The summed E-state index contributed by atoms with van der Waals surface area (Å²) < 4.78 is 27.6. The molecular weight excluding hydrogens is 547 g/mol. The topological polar surface area (TPSA) is 68.3 Å². The second-order valence-corrected chi connectivity index (χ2v) is 13.7. The van der Waals surface area contributed by atoms with Gasteiger partial charge in [-0.05, 0) is 62.8 Å². The zero-order chi connectivity index (χ0) is 28.3. The van der Waals surface area contributed by atoms with Crippen molar-refractivity contribution in [3.05, 3.63) is 46.9 Å². The van der Waals surface area contributed by atoms with E-state index in [1.54, 1.807) is 19.2 Å². The van der Waals surface area contributed by atoms with Crippen LogP contribution in [-0.4, -0.2) is 34.8 Å². The number of hydrogen-bond acceptors (Lipinski definition) is 6. The van der Waals surface area contributed by atoms with E-state index in [1.807, 2.05) is 12.1 Å². The molecule has 0 spiro atoms. The standard InChI is InChI=1S/C30H40BrFN4O2/c1-26(2)28(5,6)36-29(7,8)27(3,4)30(26,9)16-38-24-15-22-19(14-23(24)37-10)25(34-17-33-22)35-21-12-11-18(31)13-20(21)32/h11-15,17,36H,16H2,1-10H3,(H,33,34,35). The molecule has 0 radical (unpaired) electrons. The summed E-state index contributed by atoms with van der Waals surface area (Å²) in [5.74, 6) is 1.28. The van der Waals surface area contributed by atoms with Gasteiger partial charge in [0.15, 0.2) is 11.5 Å². The lowest BCUT2D eigenvalue weighted by Crippen LogP contribution is -2.78. The summed E-state index contributed by atoms with van der Waals surface area (Å²) in [5.41, 5.74) is 0.289. The number of nitrogens with zero attached hydrogens (tertiary/aromatic N) is 2. The zero-order valence-corrected chi connectivity index (χ0v) is 25.7. The van der Waals surface area contributed by atoms with Crippen LogP contribution in [0.5, 0.6) is 11.5 Å². The number of fused-ring (bicyclic) bond motifs is 1. The molecule has 0 amide bonds. The summed E-state index contributed by atoms with van der Waals surface area (Å²) in [5, 5.41) is 7.71. The molecule has 1 aromatic heterocycles. The molecule has 1 aliphatic heterocycles. The van der Waals surface area contributed by atoms with Crippen molar-refractivity contribution >= 4 is 38.3 Å². The number of hydrogen-bond donors (Lipinski definition) is 2. The predicted octanol–water partition coefficient (Wildman–Crippen LogP) is 7.88. The van der Waals surface area contributed by atoms with E-state index in [0.29, 0.717) is 45.0 Å². The molecule has 8 heteroatoms. The normalized spacial score (nSPS) is 20.6. The third-order valence-corrected chi connectivity index (χ3v) is 10.6. The van der Waals surface area contributed by atoms with Crippen molar-refractivity contribution in [1.82, 2.24) is 15.3 Å². The van der Waals surface area contributed by atoms with Crippen LogP contribution in [0.3, 0.4) is 0 Å². The second-order valence-electron chi connectivity index (χ2n) is 12.7. The van der Waals surface area contributed by atoms with E-state index in [4.69, 9.17) is 9.47 Å². The van der Waals surface area contributed by atoms with Crippen molar-refractivity contribution in [2.45, 2.75) is 73.4 Å². The van der Waals surface area contributed by atoms with E-state index < -0.39 is 0 Å². The summed E-state index contributed by atoms with van der Waals surface area (Å²) in [6, 6.07) is 8.56. The Morgan fingerprint density at radius 1 is 0.895 bits per heavy atom. The van der Waals surface area contributed by atoms with Crippen molar-refractivity contribution < 1.29 is 13.9 Å². The van der Waals surface area contributed by atoms with E-state index in [0.717, 1.165) is 0 Å². The molecule has 3 aromatic rings. The molecule has 0 bridgehead atoms. The molecule has 2 heterocycles. The Morgan fingerprint density at radius 2 is 1.53 bits per heavy atom. The van der Waals surface area contributed by atoms with Crippen LogP contribution in [0.4, 0.5) is 15.9 Å². The van der Waals surface area contributed by atoms with Crippen LogP contribution in [0.25, 0.3) is 10.9 Å². The first-order valence-electron chi connectivity index (χ1n) is 12.9. The molecule has 2 N–H and O–H groups in total. The minimum atomic E-state index is -0.385. The van der Waals surface area contributed by atoms with E-state index in [1.165, 1.54) is 12.4 Å². The first kappa shape index (κ1) is 28.6. The zero-order valence-electron chi connectivity index (χ0n) is 24.1. The largest absolute Gasteiger partial charge is 0.493 e. The third-order valence-electron chi connectivity index (χ3n) is 10.1. The fourth-order valence-corrected chi connectivity index (χ4v) is 6.32. The predicted molar refractivity (Wildman–Crippen MR) is 156 cm³/mol. The molecule has 0 saturated carbocycles. The molecule has 38 heavy (non-hydrogen) atoms. The van der Waals surface area contributed by atoms with Gasteiger partial charge in [0.05, 0.1) is 24.9 Å². The summed E-state index contributed by atoms with van der Waals surface area (Å²) in [7, 11) is 1.62. The Morgan fingerprint density at radius 3 is 2.11 bits per heavy atom. The highest BCUT2D eigenvalue weighted by Gasteiger charge is 2.67. The first-order valence-corrected chi connectivity index (χ1v) is 13.7. The Balaban J connectivity index is 1.72. The average molecular weight is 588 g/mol. The van der Waals surface area contributed by atoms with Gasteiger partial charge >= 0.3 is 0 Å². The van der Waals surface area contributed by atoms with Crippen LogP contribution in [0.15, 0.2) is 41.1 Å². The molecule has 4 rings (SSSR count). The van der Waals surface area contributed by atoms with Gasteiger partial charge < -0.3 is 20.1 Å². The van der Waals surface area contributed by atoms with E-state index in [9.17, 15) is 4.39 Å². The van der Waals surface area contributed by atoms with Gasteiger partial charge in [0, 0.05) is 32.4 Å². The smallest absolute Gasteiger partial charge is 0.163 e. The number of benzene rings is 2. The van der Waals surface area contributed by atoms with Gasteiger partial charge in [0.2, 0.25) is 0 Å². The highest BCUT2D eigenvalue weighted by Crippen LogP contribution is 2.63. The molecule has 6 nitrogen and oxygen atoms in total. The van der Waals surface area contributed by atoms with Gasteiger partial charge in [-0.25, -0.2) is 14.4 Å². The molecule has 0 atom stereocenters. The minimum Gasteiger partial charge on any atom is -0.493 e. The number of halogens is 2. The van der Waals surface area contributed by atoms with E-state index in [-0.39, 0.29) is 33.1 Å². The lowest BCUT2D eigenvalue weighted by molar-refractivity contribution is -0.191. The van der Waals surface area contributed by atoms with Gasteiger partial charge in [-0.1, -0.05) is 50.5 Å².